The first-order chi connectivity index (χ1) is 6.66. The van der Waals surface area contributed by atoms with E-state index in [-0.39, 0.29) is 6.10 Å². The molecule has 0 unspecified atom stereocenters. The molecule has 0 radical (unpaired) electrons. The highest BCUT2D eigenvalue weighted by Crippen LogP contribution is 2.16. The summed E-state index contributed by atoms with van der Waals surface area (Å²) in [6.07, 6.45) is 0.762. The second-order valence-electron chi connectivity index (χ2n) is 4.09. The first-order valence-electron chi connectivity index (χ1n) is 5.07. The maximum absolute atomic E-state index is 9.40. The SMILES string of the molecule is Cc1n[nH]c(C)c1CN1CC[C@H](O)C1. The van der Waals surface area contributed by atoms with Gasteiger partial charge in [-0.3, -0.25) is 10.00 Å². The Balaban J connectivity index is 2.04. The maximum Gasteiger partial charge on any atom is 0.0679 e. The molecule has 1 aromatic heterocycles. The van der Waals surface area contributed by atoms with Crippen molar-refractivity contribution < 1.29 is 5.11 Å². The van der Waals surface area contributed by atoms with Crippen molar-refractivity contribution in [2.24, 2.45) is 0 Å². The number of aliphatic hydroxyl groups is 1. The van der Waals surface area contributed by atoms with E-state index < -0.39 is 0 Å². The number of hydrogen-bond donors (Lipinski definition) is 2. The van der Waals surface area contributed by atoms with Crippen molar-refractivity contribution in [3.05, 3.63) is 17.0 Å². The quantitative estimate of drug-likeness (QED) is 0.726. The van der Waals surface area contributed by atoms with Crippen LogP contribution in [0.3, 0.4) is 0 Å². The molecule has 78 valence electrons. The predicted octanol–water partition coefficient (Wildman–Crippen LogP) is 0.593. The molecular weight excluding hydrogens is 178 g/mol. The lowest BCUT2D eigenvalue weighted by Gasteiger charge is -2.14. The monoisotopic (exact) mass is 195 g/mol. The van der Waals surface area contributed by atoms with Crippen LogP contribution in [-0.4, -0.2) is 39.4 Å². The van der Waals surface area contributed by atoms with Gasteiger partial charge in [-0.15, -0.1) is 0 Å². The molecule has 0 aliphatic carbocycles. The zero-order valence-electron chi connectivity index (χ0n) is 8.75. The Kier molecular flexibility index (Phi) is 2.56. The van der Waals surface area contributed by atoms with Gasteiger partial charge >= 0.3 is 0 Å². The second kappa shape index (κ2) is 3.71. The molecule has 0 amide bonds. The average molecular weight is 195 g/mol. The van der Waals surface area contributed by atoms with Crippen LogP contribution in [0.15, 0.2) is 0 Å². The summed E-state index contributed by atoms with van der Waals surface area (Å²) in [5.41, 5.74) is 3.49. The highest BCUT2D eigenvalue weighted by molar-refractivity contribution is 5.23. The molecule has 0 bridgehead atoms. The molecule has 1 saturated heterocycles. The number of aromatic amines is 1. The third kappa shape index (κ3) is 1.81. The molecule has 1 aromatic rings. The normalized spacial score (nSPS) is 23.2. The largest absolute Gasteiger partial charge is 0.392 e. The van der Waals surface area contributed by atoms with Crippen LogP contribution in [0.5, 0.6) is 0 Å². The average Bonchev–Trinajstić information content (AvgIpc) is 2.67. The number of β-amino-alcohol motifs (C(OH)–C–C–N with tert-alkyl or cyclic N) is 1. The van der Waals surface area contributed by atoms with E-state index in [0.717, 1.165) is 37.4 Å². The van der Waals surface area contributed by atoms with Crippen molar-refractivity contribution in [1.82, 2.24) is 15.1 Å². The fourth-order valence-corrected chi connectivity index (χ4v) is 1.99. The molecule has 1 fully saturated rings. The van der Waals surface area contributed by atoms with Crippen LogP contribution in [-0.2, 0) is 6.54 Å². The van der Waals surface area contributed by atoms with Gasteiger partial charge in [0.25, 0.3) is 0 Å². The van der Waals surface area contributed by atoms with E-state index in [4.69, 9.17) is 0 Å². The summed E-state index contributed by atoms with van der Waals surface area (Å²) in [6, 6.07) is 0. The molecule has 1 aliphatic heterocycles. The van der Waals surface area contributed by atoms with Gasteiger partial charge in [-0.2, -0.15) is 5.10 Å². The van der Waals surface area contributed by atoms with Gasteiger partial charge < -0.3 is 5.11 Å². The Morgan fingerprint density at radius 2 is 2.36 bits per heavy atom. The summed E-state index contributed by atoms with van der Waals surface area (Å²) in [6.45, 7) is 6.76. The number of H-pyrrole nitrogens is 1. The summed E-state index contributed by atoms with van der Waals surface area (Å²) in [7, 11) is 0. The summed E-state index contributed by atoms with van der Waals surface area (Å²) in [5.74, 6) is 0. The van der Waals surface area contributed by atoms with Crippen LogP contribution in [0.2, 0.25) is 0 Å². The van der Waals surface area contributed by atoms with Gasteiger partial charge in [0.05, 0.1) is 11.8 Å². The summed E-state index contributed by atoms with van der Waals surface area (Å²) >= 11 is 0. The molecular formula is C10H17N3O. The lowest BCUT2D eigenvalue weighted by atomic mass is 10.2. The Morgan fingerprint density at radius 3 is 2.86 bits per heavy atom. The smallest absolute Gasteiger partial charge is 0.0679 e. The van der Waals surface area contributed by atoms with Crippen molar-refractivity contribution >= 4 is 0 Å². The van der Waals surface area contributed by atoms with E-state index >= 15 is 0 Å². The minimum atomic E-state index is -0.137. The summed E-state index contributed by atoms with van der Waals surface area (Å²) in [4.78, 5) is 2.27. The highest BCUT2D eigenvalue weighted by atomic mass is 16.3. The van der Waals surface area contributed by atoms with E-state index in [9.17, 15) is 5.11 Å². The molecule has 2 heterocycles. The van der Waals surface area contributed by atoms with Crippen LogP contribution in [0, 0.1) is 13.8 Å². The highest BCUT2D eigenvalue weighted by Gasteiger charge is 2.21. The van der Waals surface area contributed by atoms with Crippen LogP contribution < -0.4 is 0 Å². The number of aliphatic hydroxyl groups excluding tert-OH is 1. The number of likely N-dealkylation sites (tertiary alicyclic amines) is 1. The fourth-order valence-electron chi connectivity index (χ4n) is 1.99. The predicted molar refractivity (Wildman–Crippen MR) is 54.0 cm³/mol. The Hall–Kier alpha value is -0.870. The minimum absolute atomic E-state index is 0.137. The molecule has 0 saturated carbocycles. The Morgan fingerprint density at radius 1 is 1.57 bits per heavy atom. The summed E-state index contributed by atoms with van der Waals surface area (Å²) in [5, 5.41) is 16.5. The van der Waals surface area contributed by atoms with E-state index in [1.165, 1.54) is 5.56 Å². The van der Waals surface area contributed by atoms with Gasteiger partial charge in [0.15, 0.2) is 0 Å². The second-order valence-corrected chi connectivity index (χ2v) is 4.09. The Labute approximate surface area is 83.9 Å². The van der Waals surface area contributed by atoms with Crippen LogP contribution in [0.4, 0.5) is 0 Å². The molecule has 4 heteroatoms. The molecule has 0 spiro atoms. The molecule has 2 N–H and O–H groups in total. The van der Waals surface area contributed by atoms with Crippen molar-refractivity contribution in [2.45, 2.75) is 32.9 Å². The van der Waals surface area contributed by atoms with Crippen molar-refractivity contribution in [3.63, 3.8) is 0 Å². The fraction of sp³-hybridized carbons (Fsp3) is 0.700. The minimum Gasteiger partial charge on any atom is -0.392 e. The van der Waals surface area contributed by atoms with Crippen molar-refractivity contribution in [3.8, 4) is 0 Å². The third-order valence-corrected chi connectivity index (χ3v) is 2.91. The molecule has 1 aliphatic rings. The first kappa shape index (κ1) is 9.68. The zero-order chi connectivity index (χ0) is 10.1. The number of aromatic nitrogens is 2. The molecule has 0 aromatic carbocycles. The van der Waals surface area contributed by atoms with E-state index in [0.29, 0.717) is 0 Å². The van der Waals surface area contributed by atoms with Gasteiger partial charge in [-0.05, 0) is 20.3 Å². The van der Waals surface area contributed by atoms with Crippen molar-refractivity contribution in [2.75, 3.05) is 13.1 Å². The lowest BCUT2D eigenvalue weighted by Crippen LogP contribution is -2.22. The molecule has 2 rings (SSSR count). The van der Waals surface area contributed by atoms with E-state index in [2.05, 4.69) is 15.1 Å². The standard InChI is InChI=1S/C10H17N3O/c1-7-10(8(2)12-11-7)6-13-4-3-9(14)5-13/h9,14H,3-6H2,1-2H3,(H,11,12)/t9-/m0/s1. The van der Waals surface area contributed by atoms with Gasteiger partial charge in [-0.25, -0.2) is 0 Å². The van der Waals surface area contributed by atoms with Crippen LogP contribution >= 0.6 is 0 Å². The van der Waals surface area contributed by atoms with Crippen LogP contribution in [0.1, 0.15) is 23.4 Å². The van der Waals surface area contributed by atoms with Gasteiger partial charge in [-0.1, -0.05) is 0 Å². The van der Waals surface area contributed by atoms with E-state index in [1.54, 1.807) is 0 Å². The zero-order valence-corrected chi connectivity index (χ0v) is 8.75. The third-order valence-electron chi connectivity index (χ3n) is 2.91. The Bertz CT molecular complexity index is 302. The van der Waals surface area contributed by atoms with Crippen LogP contribution in [0.25, 0.3) is 0 Å². The first-order valence-corrected chi connectivity index (χ1v) is 5.07. The topological polar surface area (TPSA) is 52.2 Å². The number of nitrogens with one attached hydrogen (secondary N) is 1. The van der Waals surface area contributed by atoms with Crippen molar-refractivity contribution in [1.29, 1.82) is 0 Å². The molecule has 14 heavy (non-hydrogen) atoms. The van der Waals surface area contributed by atoms with Gasteiger partial charge in [0.2, 0.25) is 0 Å². The molecule has 4 nitrogen and oxygen atoms in total. The number of nitrogens with zero attached hydrogens (tertiary/aromatic N) is 2. The maximum atomic E-state index is 9.40. The van der Waals surface area contributed by atoms with E-state index in [1.807, 2.05) is 13.8 Å². The number of rotatable bonds is 2. The molecule has 1 atom stereocenters. The van der Waals surface area contributed by atoms with Gasteiger partial charge in [0.1, 0.15) is 0 Å². The number of aryl methyl sites for hydroxylation is 2. The number of hydrogen-bond acceptors (Lipinski definition) is 3. The lowest BCUT2D eigenvalue weighted by molar-refractivity contribution is 0.174. The summed E-state index contributed by atoms with van der Waals surface area (Å²) < 4.78 is 0. The van der Waals surface area contributed by atoms with Gasteiger partial charge in [0, 0.05) is 30.9 Å².